The zero-order valence-corrected chi connectivity index (χ0v) is 17.0. The van der Waals surface area contributed by atoms with Crippen molar-refractivity contribution in [2.24, 2.45) is 0 Å². The Morgan fingerprint density at radius 2 is 1.97 bits per heavy atom. The number of aryl methyl sites for hydroxylation is 1. The Bertz CT molecular complexity index is 1080. The van der Waals surface area contributed by atoms with E-state index in [4.69, 9.17) is 0 Å². The first-order chi connectivity index (χ1) is 14.8. The van der Waals surface area contributed by atoms with E-state index in [1.165, 1.54) is 12.1 Å². The van der Waals surface area contributed by atoms with Crippen LogP contribution in [0.5, 0.6) is 0 Å². The van der Waals surface area contributed by atoms with Gasteiger partial charge in [-0.3, -0.25) is 9.78 Å². The van der Waals surface area contributed by atoms with Gasteiger partial charge >= 0.3 is 6.18 Å². The van der Waals surface area contributed by atoms with Crippen molar-refractivity contribution in [3.63, 3.8) is 0 Å². The second-order valence-corrected chi connectivity index (χ2v) is 7.75. The lowest BCUT2D eigenvalue weighted by Gasteiger charge is -2.19. The van der Waals surface area contributed by atoms with Crippen molar-refractivity contribution in [1.82, 2.24) is 4.98 Å². The predicted octanol–water partition coefficient (Wildman–Crippen LogP) is 5.66. The van der Waals surface area contributed by atoms with E-state index in [1.807, 2.05) is 37.4 Å². The molecule has 0 unspecified atom stereocenters. The number of benzene rings is 2. The highest BCUT2D eigenvalue weighted by Gasteiger charge is 2.30. The summed E-state index contributed by atoms with van der Waals surface area (Å²) in [6.45, 7) is 3.73. The number of halogens is 3. The van der Waals surface area contributed by atoms with Crippen molar-refractivity contribution in [2.45, 2.75) is 25.4 Å². The van der Waals surface area contributed by atoms with E-state index in [1.54, 1.807) is 12.3 Å². The van der Waals surface area contributed by atoms with Crippen LogP contribution in [0.15, 0.2) is 67.0 Å². The second-order valence-electron chi connectivity index (χ2n) is 7.75. The van der Waals surface area contributed by atoms with Crippen LogP contribution in [0.3, 0.4) is 0 Å². The number of nitrogens with zero attached hydrogens (tertiary/aromatic N) is 2. The van der Waals surface area contributed by atoms with E-state index in [-0.39, 0.29) is 11.6 Å². The lowest BCUT2D eigenvalue weighted by atomic mass is 9.92. The van der Waals surface area contributed by atoms with Crippen LogP contribution in [0.2, 0.25) is 0 Å². The maximum absolute atomic E-state index is 12.9. The van der Waals surface area contributed by atoms with E-state index < -0.39 is 17.6 Å². The number of anilines is 2. The van der Waals surface area contributed by atoms with Gasteiger partial charge in [0.15, 0.2) is 0 Å². The molecule has 0 aliphatic carbocycles. The molecule has 1 aromatic heterocycles. The van der Waals surface area contributed by atoms with Gasteiger partial charge in [0.2, 0.25) is 0 Å². The Balaban J connectivity index is 1.51. The monoisotopic (exact) mass is 425 g/mol. The molecule has 2 heterocycles. The van der Waals surface area contributed by atoms with Crippen LogP contribution in [-0.4, -0.2) is 24.0 Å². The zero-order chi connectivity index (χ0) is 22.0. The SMILES string of the molecule is Cc1ccc(C(=O)Nc2cccc(C(F)(F)F)c2)cc1[C@@H]1CCN(c2cccnc2)C1. The average Bonchev–Trinajstić information content (AvgIpc) is 3.24. The number of pyridine rings is 1. The number of alkyl halides is 3. The molecule has 1 aliphatic rings. The van der Waals surface area contributed by atoms with Gasteiger partial charge < -0.3 is 10.2 Å². The first kappa shape index (κ1) is 20.9. The van der Waals surface area contributed by atoms with Gasteiger partial charge in [-0.05, 0) is 66.9 Å². The summed E-state index contributed by atoms with van der Waals surface area (Å²) < 4.78 is 38.8. The van der Waals surface area contributed by atoms with Crippen molar-refractivity contribution in [2.75, 3.05) is 23.3 Å². The minimum atomic E-state index is -4.46. The predicted molar refractivity (Wildman–Crippen MR) is 114 cm³/mol. The van der Waals surface area contributed by atoms with Crippen LogP contribution in [0.4, 0.5) is 24.5 Å². The molecular weight excluding hydrogens is 403 g/mol. The highest BCUT2D eigenvalue weighted by molar-refractivity contribution is 6.04. The quantitative estimate of drug-likeness (QED) is 0.587. The van der Waals surface area contributed by atoms with E-state index in [0.29, 0.717) is 5.56 Å². The fraction of sp³-hybridized carbons (Fsp3) is 0.250. The van der Waals surface area contributed by atoms with Gasteiger partial charge in [0, 0.05) is 36.5 Å². The van der Waals surface area contributed by atoms with Gasteiger partial charge in [0.05, 0.1) is 17.4 Å². The maximum atomic E-state index is 12.9. The molecule has 1 amide bonds. The number of nitrogens with one attached hydrogen (secondary N) is 1. The summed E-state index contributed by atoms with van der Waals surface area (Å²) in [5.74, 6) is -0.163. The lowest BCUT2D eigenvalue weighted by molar-refractivity contribution is -0.137. The molecule has 3 aromatic rings. The Morgan fingerprint density at radius 3 is 2.71 bits per heavy atom. The summed E-state index contributed by atoms with van der Waals surface area (Å²) in [7, 11) is 0. The van der Waals surface area contributed by atoms with Gasteiger partial charge in [0.1, 0.15) is 0 Å². The van der Waals surface area contributed by atoms with Gasteiger partial charge in [-0.15, -0.1) is 0 Å². The molecule has 0 radical (unpaired) electrons. The Hall–Kier alpha value is -3.35. The second kappa shape index (κ2) is 8.41. The molecule has 1 atom stereocenters. The van der Waals surface area contributed by atoms with E-state index in [9.17, 15) is 18.0 Å². The molecule has 0 spiro atoms. The summed E-state index contributed by atoms with van der Waals surface area (Å²) in [5.41, 5.74) is 3.00. The third kappa shape index (κ3) is 4.71. The molecule has 0 saturated carbocycles. The largest absolute Gasteiger partial charge is 0.416 e. The van der Waals surface area contributed by atoms with Crippen molar-refractivity contribution >= 4 is 17.3 Å². The van der Waals surface area contributed by atoms with Crippen molar-refractivity contribution in [3.8, 4) is 0 Å². The molecule has 0 bridgehead atoms. The average molecular weight is 425 g/mol. The molecule has 2 aromatic carbocycles. The zero-order valence-electron chi connectivity index (χ0n) is 17.0. The van der Waals surface area contributed by atoms with Crippen molar-refractivity contribution in [3.05, 3.63) is 89.2 Å². The van der Waals surface area contributed by atoms with Gasteiger partial charge in [-0.25, -0.2) is 0 Å². The minimum absolute atomic E-state index is 0.116. The molecule has 1 fully saturated rings. The fourth-order valence-corrected chi connectivity index (χ4v) is 3.99. The number of amides is 1. The molecule has 1 N–H and O–H groups in total. The number of rotatable bonds is 4. The van der Waals surface area contributed by atoms with E-state index in [2.05, 4.69) is 15.2 Å². The molecule has 1 saturated heterocycles. The number of aromatic nitrogens is 1. The van der Waals surface area contributed by atoms with Crippen molar-refractivity contribution < 1.29 is 18.0 Å². The number of carbonyl (C=O) groups is 1. The molecule has 4 rings (SSSR count). The summed E-state index contributed by atoms with van der Waals surface area (Å²) in [4.78, 5) is 19.2. The number of hydrogen-bond donors (Lipinski definition) is 1. The van der Waals surface area contributed by atoms with E-state index >= 15 is 0 Å². The van der Waals surface area contributed by atoms with Gasteiger partial charge in [-0.1, -0.05) is 12.1 Å². The highest BCUT2D eigenvalue weighted by Crippen LogP contribution is 2.33. The molecule has 31 heavy (non-hydrogen) atoms. The summed E-state index contributed by atoms with van der Waals surface area (Å²) in [6.07, 6.45) is 0.0800. The first-order valence-electron chi connectivity index (χ1n) is 10.1. The molecule has 7 heteroatoms. The molecule has 160 valence electrons. The van der Waals surface area contributed by atoms with Gasteiger partial charge in [0.25, 0.3) is 5.91 Å². The van der Waals surface area contributed by atoms with E-state index in [0.717, 1.165) is 48.5 Å². The van der Waals surface area contributed by atoms with Crippen LogP contribution < -0.4 is 10.2 Å². The Morgan fingerprint density at radius 1 is 1.13 bits per heavy atom. The standard InChI is InChI=1S/C24H22F3N3O/c1-16-7-8-17(23(31)29-20-5-2-4-19(13-20)24(25,26)27)12-22(16)18-9-11-30(15-18)21-6-3-10-28-14-21/h2-8,10,12-14,18H,9,11,15H2,1H3,(H,29,31)/t18-/m1/s1. The fourth-order valence-electron chi connectivity index (χ4n) is 3.99. The van der Waals surface area contributed by atoms with Crippen LogP contribution in [0.1, 0.15) is 39.4 Å². The summed E-state index contributed by atoms with van der Waals surface area (Å²) >= 11 is 0. The molecule has 4 nitrogen and oxygen atoms in total. The third-order valence-electron chi connectivity index (χ3n) is 5.63. The maximum Gasteiger partial charge on any atom is 0.416 e. The van der Waals surface area contributed by atoms with Gasteiger partial charge in [-0.2, -0.15) is 13.2 Å². The smallest absolute Gasteiger partial charge is 0.370 e. The van der Waals surface area contributed by atoms with Crippen LogP contribution in [0.25, 0.3) is 0 Å². The van der Waals surface area contributed by atoms with Crippen LogP contribution in [-0.2, 0) is 6.18 Å². The first-order valence-corrected chi connectivity index (χ1v) is 10.1. The molecular formula is C24H22F3N3O. The topological polar surface area (TPSA) is 45.2 Å². The number of carbonyl (C=O) groups excluding carboxylic acids is 1. The summed E-state index contributed by atoms with van der Waals surface area (Å²) in [6, 6.07) is 14.0. The Labute approximate surface area is 178 Å². The highest BCUT2D eigenvalue weighted by atomic mass is 19.4. The Kier molecular flexibility index (Phi) is 5.67. The number of hydrogen-bond acceptors (Lipinski definition) is 3. The van der Waals surface area contributed by atoms with Crippen molar-refractivity contribution in [1.29, 1.82) is 0 Å². The minimum Gasteiger partial charge on any atom is -0.370 e. The van der Waals surface area contributed by atoms with Crippen LogP contribution >= 0.6 is 0 Å². The van der Waals surface area contributed by atoms with Crippen LogP contribution in [0, 0.1) is 6.92 Å². The third-order valence-corrected chi connectivity index (χ3v) is 5.63. The molecule has 1 aliphatic heterocycles. The summed E-state index contributed by atoms with van der Waals surface area (Å²) in [5, 5.41) is 2.58. The lowest BCUT2D eigenvalue weighted by Crippen LogP contribution is -2.19. The normalized spacial score (nSPS) is 16.4.